The standard InChI is InChI=1S/C35H47N3O7S/c1-32(2,3)25-16-14-24(15-17-25)22-35(36,46(41,42)27-20-18-26(43-10)19-21-27)28-12-11-13-29(37-28)38(31(40)45-34(7,8)9)23-30(39)44-33(4,5)6/h11-21H,22-23,36H2,1-10H3. The number of pyridine rings is 1. The van der Waals surface area contributed by atoms with Crippen molar-refractivity contribution in [3.8, 4) is 5.75 Å². The van der Waals surface area contributed by atoms with Gasteiger partial charge in [-0.2, -0.15) is 0 Å². The summed E-state index contributed by atoms with van der Waals surface area (Å²) in [7, 11) is -2.83. The number of carbonyl (C=O) groups is 2. The summed E-state index contributed by atoms with van der Waals surface area (Å²) in [5.41, 5.74) is 6.88. The number of ether oxygens (including phenoxy) is 3. The van der Waals surface area contributed by atoms with Crippen LogP contribution >= 0.6 is 0 Å². The lowest BCUT2D eigenvalue weighted by Crippen LogP contribution is -2.48. The van der Waals surface area contributed by atoms with Crippen LogP contribution in [0.4, 0.5) is 10.6 Å². The first-order valence-electron chi connectivity index (χ1n) is 15.0. The van der Waals surface area contributed by atoms with Crippen molar-refractivity contribution in [3.63, 3.8) is 0 Å². The molecule has 1 amide bonds. The molecule has 0 spiro atoms. The number of carbonyl (C=O) groups excluding carboxylic acids is 2. The van der Waals surface area contributed by atoms with E-state index < -0.39 is 44.5 Å². The predicted molar refractivity (Wildman–Crippen MR) is 179 cm³/mol. The van der Waals surface area contributed by atoms with Crippen LogP contribution in [0.25, 0.3) is 0 Å². The van der Waals surface area contributed by atoms with Crippen molar-refractivity contribution in [2.45, 2.75) is 95.1 Å². The van der Waals surface area contributed by atoms with Gasteiger partial charge in [0, 0.05) is 6.42 Å². The van der Waals surface area contributed by atoms with Gasteiger partial charge < -0.3 is 19.9 Å². The lowest BCUT2D eigenvalue weighted by molar-refractivity contribution is -0.153. The van der Waals surface area contributed by atoms with Crippen LogP contribution in [0.15, 0.2) is 71.6 Å². The fourth-order valence-electron chi connectivity index (χ4n) is 4.58. The maximum absolute atomic E-state index is 14.4. The summed E-state index contributed by atoms with van der Waals surface area (Å²) < 4.78 is 45.1. The van der Waals surface area contributed by atoms with Crippen molar-refractivity contribution in [2.24, 2.45) is 5.73 Å². The smallest absolute Gasteiger partial charge is 0.416 e. The van der Waals surface area contributed by atoms with Gasteiger partial charge in [0.05, 0.1) is 17.7 Å². The maximum atomic E-state index is 14.4. The summed E-state index contributed by atoms with van der Waals surface area (Å²) in [6, 6.07) is 18.1. The van der Waals surface area contributed by atoms with Crippen LogP contribution in [0.5, 0.6) is 5.75 Å². The van der Waals surface area contributed by atoms with Crippen molar-refractivity contribution in [2.75, 3.05) is 18.6 Å². The highest BCUT2D eigenvalue weighted by Gasteiger charge is 2.45. The SMILES string of the molecule is COc1ccc(S(=O)(=O)C(N)(Cc2ccc(C(C)(C)C)cc2)c2cccc(N(CC(=O)OC(C)(C)C)C(=O)OC(C)(C)C)n2)cc1. The van der Waals surface area contributed by atoms with E-state index >= 15 is 0 Å². The molecule has 2 aromatic carbocycles. The van der Waals surface area contributed by atoms with Gasteiger partial charge in [0.15, 0.2) is 4.87 Å². The molecule has 11 heteroatoms. The third kappa shape index (κ3) is 9.07. The third-order valence-electron chi connectivity index (χ3n) is 6.90. The zero-order valence-electron chi connectivity index (χ0n) is 28.5. The molecule has 250 valence electrons. The topological polar surface area (TPSA) is 138 Å². The van der Waals surface area contributed by atoms with Gasteiger partial charge in [-0.05, 0) is 94.5 Å². The number of nitrogens with zero attached hydrogens (tertiary/aromatic N) is 2. The summed E-state index contributed by atoms with van der Waals surface area (Å²) >= 11 is 0. The van der Waals surface area contributed by atoms with Crippen LogP contribution in [-0.2, 0) is 40.8 Å². The highest BCUT2D eigenvalue weighted by molar-refractivity contribution is 7.92. The van der Waals surface area contributed by atoms with Crippen molar-refractivity contribution >= 4 is 27.7 Å². The molecule has 1 heterocycles. The van der Waals surface area contributed by atoms with E-state index in [1.165, 1.54) is 37.4 Å². The normalized spacial score (nSPS) is 13.8. The van der Waals surface area contributed by atoms with Gasteiger partial charge in [-0.15, -0.1) is 0 Å². The fourth-order valence-corrected chi connectivity index (χ4v) is 6.24. The Kier molecular flexibility index (Phi) is 10.6. The Morgan fingerprint density at radius 1 is 0.804 bits per heavy atom. The first-order valence-corrected chi connectivity index (χ1v) is 16.5. The van der Waals surface area contributed by atoms with Gasteiger partial charge in [-0.1, -0.05) is 51.1 Å². The molecule has 3 aromatic rings. The minimum Gasteiger partial charge on any atom is -0.497 e. The van der Waals surface area contributed by atoms with E-state index in [0.717, 1.165) is 10.5 Å². The fraction of sp³-hybridized carbons (Fsp3) is 0.457. The van der Waals surface area contributed by atoms with Crippen LogP contribution in [0, 0.1) is 0 Å². The van der Waals surface area contributed by atoms with E-state index in [0.29, 0.717) is 11.3 Å². The number of methoxy groups -OCH3 is 1. The van der Waals surface area contributed by atoms with E-state index in [-0.39, 0.29) is 28.2 Å². The lowest BCUT2D eigenvalue weighted by atomic mass is 9.86. The Balaban J connectivity index is 2.19. The Hall–Kier alpha value is -3.96. The summed E-state index contributed by atoms with van der Waals surface area (Å²) in [4.78, 5) is 29.8. The Bertz CT molecular complexity index is 1630. The molecule has 0 aliphatic rings. The zero-order valence-corrected chi connectivity index (χ0v) is 29.3. The number of anilines is 1. The van der Waals surface area contributed by atoms with Crippen LogP contribution in [0.3, 0.4) is 0 Å². The van der Waals surface area contributed by atoms with E-state index in [9.17, 15) is 18.0 Å². The molecule has 0 fully saturated rings. The van der Waals surface area contributed by atoms with Crippen molar-refractivity contribution in [3.05, 3.63) is 83.6 Å². The number of nitrogens with two attached hydrogens (primary N) is 1. The summed E-state index contributed by atoms with van der Waals surface area (Å²) in [5.74, 6) is -0.246. The van der Waals surface area contributed by atoms with E-state index in [1.807, 2.05) is 24.3 Å². The van der Waals surface area contributed by atoms with Gasteiger partial charge in [0.1, 0.15) is 29.3 Å². The third-order valence-corrected chi connectivity index (χ3v) is 9.11. The molecule has 10 nitrogen and oxygen atoms in total. The molecular weight excluding hydrogens is 606 g/mol. The van der Waals surface area contributed by atoms with Crippen molar-refractivity contribution in [1.82, 2.24) is 4.98 Å². The minimum absolute atomic E-state index is 0.0274. The van der Waals surface area contributed by atoms with E-state index in [1.54, 1.807) is 53.7 Å². The molecule has 1 unspecified atom stereocenters. The highest BCUT2D eigenvalue weighted by atomic mass is 32.2. The largest absolute Gasteiger partial charge is 0.497 e. The lowest BCUT2D eigenvalue weighted by Gasteiger charge is -2.31. The molecular formula is C35H47N3O7S. The van der Waals surface area contributed by atoms with Crippen LogP contribution in [-0.4, -0.2) is 50.3 Å². The molecule has 0 radical (unpaired) electrons. The number of benzene rings is 2. The molecule has 0 aliphatic carbocycles. The molecule has 1 aromatic heterocycles. The summed E-state index contributed by atoms with van der Waals surface area (Å²) in [5, 5.41) is 0. The zero-order chi connectivity index (χ0) is 34.7. The summed E-state index contributed by atoms with van der Waals surface area (Å²) in [6.07, 6.45) is -0.998. The molecule has 46 heavy (non-hydrogen) atoms. The van der Waals surface area contributed by atoms with E-state index in [4.69, 9.17) is 19.9 Å². The number of rotatable bonds is 9. The maximum Gasteiger partial charge on any atom is 0.416 e. The highest BCUT2D eigenvalue weighted by Crippen LogP contribution is 2.36. The van der Waals surface area contributed by atoms with Gasteiger partial charge in [-0.25, -0.2) is 18.2 Å². The predicted octanol–water partition coefficient (Wildman–Crippen LogP) is 6.30. The first kappa shape index (κ1) is 36.5. The van der Waals surface area contributed by atoms with Gasteiger partial charge in [0.2, 0.25) is 9.84 Å². The van der Waals surface area contributed by atoms with Gasteiger partial charge >= 0.3 is 12.1 Å². The van der Waals surface area contributed by atoms with E-state index in [2.05, 4.69) is 25.8 Å². The Morgan fingerprint density at radius 2 is 1.37 bits per heavy atom. The van der Waals surface area contributed by atoms with Crippen LogP contribution in [0.2, 0.25) is 0 Å². The average molecular weight is 654 g/mol. The van der Waals surface area contributed by atoms with Crippen LogP contribution in [0.1, 0.15) is 79.1 Å². The molecule has 1 atom stereocenters. The number of sulfone groups is 1. The second kappa shape index (κ2) is 13.4. The van der Waals surface area contributed by atoms with Crippen molar-refractivity contribution < 1.29 is 32.2 Å². The minimum atomic E-state index is -4.32. The Morgan fingerprint density at radius 3 is 1.87 bits per heavy atom. The second-order valence-electron chi connectivity index (χ2n) is 14.2. The monoisotopic (exact) mass is 653 g/mol. The number of hydrogen-bond donors (Lipinski definition) is 1. The molecule has 0 aliphatic heterocycles. The second-order valence-corrected chi connectivity index (χ2v) is 16.4. The van der Waals surface area contributed by atoms with Crippen molar-refractivity contribution in [1.29, 1.82) is 0 Å². The van der Waals surface area contributed by atoms with Gasteiger partial charge in [0.25, 0.3) is 0 Å². The summed E-state index contributed by atoms with van der Waals surface area (Å²) in [6.45, 7) is 15.9. The number of hydrogen-bond acceptors (Lipinski definition) is 9. The molecule has 0 bridgehead atoms. The average Bonchev–Trinajstić information content (AvgIpc) is 2.93. The number of esters is 1. The molecule has 3 rings (SSSR count). The number of aromatic nitrogens is 1. The Labute approximate surface area is 273 Å². The van der Waals surface area contributed by atoms with Crippen LogP contribution < -0.4 is 15.4 Å². The quantitative estimate of drug-likeness (QED) is 0.264. The molecule has 0 saturated heterocycles. The number of amides is 1. The van der Waals surface area contributed by atoms with Gasteiger partial charge in [-0.3, -0.25) is 9.69 Å². The first-order chi connectivity index (χ1) is 21.1. The molecule has 2 N–H and O–H groups in total. The molecule has 0 saturated carbocycles.